The Morgan fingerprint density at radius 3 is 2.76 bits per heavy atom. The van der Waals surface area contributed by atoms with Crippen LogP contribution in [0.15, 0.2) is 34.4 Å². The van der Waals surface area contributed by atoms with Crippen LogP contribution in [0, 0.1) is 0 Å². The summed E-state index contributed by atoms with van der Waals surface area (Å²) in [6.07, 6.45) is 4.93. The van der Waals surface area contributed by atoms with Gasteiger partial charge < -0.3 is 10.1 Å². The summed E-state index contributed by atoms with van der Waals surface area (Å²) in [6.45, 7) is 7.19. The molecule has 0 radical (unpaired) electrons. The van der Waals surface area contributed by atoms with Crippen LogP contribution in [0.2, 0.25) is 0 Å². The molecular weight excluding hydrogens is 348 g/mol. The fourth-order valence-electron chi connectivity index (χ4n) is 2.08. The lowest BCUT2D eigenvalue weighted by Crippen LogP contribution is -2.22. The lowest BCUT2D eigenvalue weighted by atomic mass is 10.1. The van der Waals surface area contributed by atoms with E-state index in [0.29, 0.717) is 0 Å². The van der Waals surface area contributed by atoms with Crippen LogP contribution in [-0.4, -0.2) is 17.6 Å². The van der Waals surface area contributed by atoms with Crippen molar-refractivity contribution in [1.29, 1.82) is 0 Å². The van der Waals surface area contributed by atoms with Crippen molar-refractivity contribution in [3.63, 3.8) is 0 Å². The van der Waals surface area contributed by atoms with Crippen molar-refractivity contribution in [2.24, 2.45) is 0 Å². The molecule has 2 aromatic heterocycles. The predicted molar refractivity (Wildman–Crippen MR) is 92.2 cm³/mol. The number of rotatable bonds is 7. The minimum atomic E-state index is 0.153. The molecule has 1 N–H and O–H groups in total. The lowest BCUT2D eigenvalue weighted by Gasteiger charge is -2.18. The first-order valence-corrected chi connectivity index (χ1v) is 8.86. The number of nitrogens with zero attached hydrogens (tertiary/aromatic N) is 1. The van der Waals surface area contributed by atoms with Crippen molar-refractivity contribution in [2.45, 2.75) is 39.3 Å². The molecule has 0 fully saturated rings. The van der Waals surface area contributed by atoms with E-state index in [1.807, 2.05) is 20.0 Å². The van der Waals surface area contributed by atoms with Crippen LogP contribution >= 0.6 is 27.3 Å². The standard InChI is InChI=1S/C16H21BrN2OS/c1-4-5-19-16(15-7-13(17)10-21-15)12-6-14(9-18-8-12)20-11(2)3/h6-11,16,19H,4-5H2,1-3H3. The average molecular weight is 369 g/mol. The molecule has 3 nitrogen and oxygen atoms in total. The fourth-order valence-corrected chi connectivity index (χ4v) is 3.63. The molecule has 2 aromatic rings. The summed E-state index contributed by atoms with van der Waals surface area (Å²) in [5.41, 5.74) is 1.14. The van der Waals surface area contributed by atoms with Gasteiger partial charge in [-0.2, -0.15) is 0 Å². The molecule has 0 bridgehead atoms. The van der Waals surface area contributed by atoms with Gasteiger partial charge in [0.1, 0.15) is 5.75 Å². The first-order valence-electron chi connectivity index (χ1n) is 7.19. The highest BCUT2D eigenvalue weighted by molar-refractivity contribution is 9.10. The van der Waals surface area contributed by atoms with Gasteiger partial charge in [0.15, 0.2) is 0 Å². The monoisotopic (exact) mass is 368 g/mol. The summed E-state index contributed by atoms with van der Waals surface area (Å²) in [7, 11) is 0. The molecule has 0 aliphatic rings. The molecule has 114 valence electrons. The van der Waals surface area contributed by atoms with Gasteiger partial charge >= 0.3 is 0 Å². The van der Waals surface area contributed by atoms with E-state index in [1.165, 1.54) is 4.88 Å². The zero-order chi connectivity index (χ0) is 15.2. The van der Waals surface area contributed by atoms with Crippen molar-refractivity contribution in [3.8, 4) is 5.75 Å². The third-order valence-corrected chi connectivity index (χ3v) is 4.67. The minimum absolute atomic E-state index is 0.153. The van der Waals surface area contributed by atoms with E-state index in [1.54, 1.807) is 17.5 Å². The number of ether oxygens (including phenoxy) is 1. The second-order valence-electron chi connectivity index (χ2n) is 5.18. The van der Waals surface area contributed by atoms with E-state index in [2.05, 4.69) is 50.7 Å². The van der Waals surface area contributed by atoms with E-state index in [0.717, 1.165) is 28.8 Å². The molecule has 1 atom stereocenters. The lowest BCUT2D eigenvalue weighted by molar-refractivity contribution is 0.241. The van der Waals surface area contributed by atoms with Gasteiger partial charge in [-0.15, -0.1) is 11.3 Å². The van der Waals surface area contributed by atoms with Gasteiger partial charge in [0.25, 0.3) is 0 Å². The van der Waals surface area contributed by atoms with Crippen LogP contribution in [0.25, 0.3) is 0 Å². The molecule has 0 saturated heterocycles. The number of halogens is 1. The number of hydrogen-bond donors (Lipinski definition) is 1. The summed E-state index contributed by atoms with van der Waals surface area (Å²) in [6, 6.07) is 4.39. The second kappa shape index (κ2) is 7.92. The van der Waals surface area contributed by atoms with Crippen LogP contribution in [-0.2, 0) is 0 Å². The third-order valence-electron chi connectivity index (χ3n) is 2.91. The quantitative estimate of drug-likeness (QED) is 0.763. The van der Waals surface area contributed by atoms with Gasteiger partial charge in [-0.05, 0) is 60.4 Å². The van der Waals surface area contributed by atoms with Gasteiger partial charge in [-0.1, -0.05) is 6.92 Å². The zero-order valence-electron chi connectivity index (χ0n) is 12.6. The first kappa shape index (κ1) is 16.5. The Kier molecular flexibility index (Phi) is 6.21. The van der Waals surface area contributed by atoms with Crippen LogP contribution < -0.4 is 10.1 Å². The van der Waals surface area contributed by atoms with Gasteiger partial charge in [0, 0.05) is 20.9 Å². The fraction of sp³-hybridized carbons (Fsp3) is 0.438. The highest BCUT2D eigenvalue weighted by Crippen LogP contribution is 2.31. The molecule has 0 saturated carbocycles. The molecule has 0 aliphatic carbocycles. The topological polar surface area (TPSA) is 34.2 Å². The van der Waals surface area contributed by atoms with Crippen molar-refractivity contribution < 1.29 is 4.74 Å². The van der Waals surface area contributed by atoms with Crippen LogP contribution in [0.5, 0.6) is 5.75 Å². The number of pyridine rings is 1. The van der Waals surface area contributed by atoms with Crippen LogP contribution in [0.3, 0.4) is 0 Å². The second-order valence-corrected chi connectivity index (χ2v) is 7.03. The van der Waals surface area contributed by atoms with Crippen LogP contribution in [0.1, 0.15) is 43.7 Å². The Morgan fingerprint density at radius 2 is 2.14 bits per heavy atom. The largest absolute Gasteiger partial charge is 0.489 e. The molecule has 0 amide bonds. The molecular formula is C16H21BrN2OS. The Labute approximate surface area is 138 Å². The van der Waals surface area contributed by atoms with Gasteiger partial charge in [-0.3, -0.25) is 4.98 Å². The summed E-state index contributed by atoms with van der Waals surface area (Å²) in [5, 5.41) is 5.70. The van der Waals surface area contributed by atoms with E-state index in [9.17, 15) is 0 Å². The predicted octanol–water partition coefficient (Wildman–Crippen LogP) is 4.78. The third kappa shape index (κ3) is 4.80. The Hall–Kier alpha value is -0.910. The van der Waals surface area contributed by atoms with Crippen molar-refractivity contribution in [2.75, 3.05) is 6.54 Å². The molecule has 21 heavy (non-hydrogen) atoms. The molecule has 0 spiro atoms. The smallest absolute Gasteiger partial charge is 0.138 e. The summed E-state index contributed by atoms with van der Waals surface area (Å²) in [5.74, 6) is 0.821. The molecule has 0 aliphatic heterocycles. The SMILES string of the molecule is CCCNC(c1cncc(OC(C)C)c1)c1cc(Br)cs1. The number of thiophene rings is 1. The molecule has 2 heterocycles. The van der Waals surface area contributed by atoms with E-state index >= 15 is 0 Å². The van der Waals surface area contributed by atoms with E-state index < -0.39 is 0 Å². The normalized spacial score (nSPS) is 12.6. The highest BCUT2D eigenvalue weighted by atomic mass is 79.9. The first-order chi connectivity index (χ1) is 10.1. The maximum absolute atomic E-state index is 5.75. The summed E-state index contributed by atoms with van der Waals surface area (Å²) < 4.78 is 6.87. The number of aromatic nitrogens is 1. The Morgan fingerprint density at radius 1 is 1.33 bits per heavy atom. The number of nitrogens with one attached hydrogen (secondary N) is 1. The van der Waals surface area contributed by atoms with E-state index in [4.69, 9.17) is 4.74 Å². The maximum Gasteiger partial charge on any atom is 0.138 e. The summed E-state index contributed by atoms with van der Waals surface area (Å²) in [4.78, 5) is 5.60. The van der Waals surface area contributed by atoms with Crippen molar-refractivity contribution >= 4 is 27.3 Å². The Bertz CT molecular complexity index is 571. The average Bonchev–Trinajstić information content (AvgIpc) is 2.85. The van der Waals surface area contributed by atoms with Gasteiger partial charge in [0.05, 0.1) is 18.3 Å². The zero-order valence-corrected chi connectivity index (χ0v) is 15.0. The van der Waals surface area contributed by atoms with Crippen LogP contribution in [0.4, 0.5) is 0 Å². The van der Waals surface area contributed by atoms with Crippen molar-refractivity contribution in [3.05, 3.63) is 44.8 Å². The Balaban J connectivity index is 2.27. The number of hydrogen-bond acceptors (Lipinski definition) is 4. The maximum atomic E-state index is 5.75. The summed E-state index contributed by atoms with van der Waals surface area (Å²) >= 11 is 5.28. The minimum Gasteiger partial charge on any atom is -0.489 e. The molecule has 1 unspecified atom stereocenters. The van der Waals surface area contributed by atoms with E-state index in [-0.39, 0.29) is 12.1 Å². The van der Waals surface area contributed by atoms with Gasteiger partial charge in [-0.25, -0.2) is 0 Å². The molecule has 0 aromatic carbocycles. The highest BCUT2D eigenvalue weighted by Gasteiger charge is 2.16. The van der Waals surface area contributed by atoms with Crippen molar-refractivity contribution in [1.82, 2.24) is 10.3 Å². The molecule has 2 rings (SSSR count). The molecule has 5 heteroatoms. The van der Waals surface area contributed by atoms with Gasteiger partial charge in [0.2, 0.25) is 0 Å².